The first-order valence-electron chi connectivity index (χ1n) is 8.37. The van der Waals surface area contributed by atoms with E-state index in [0.29, 0.717) is 23.1 Å². The van der Waals surface area contributed by atoms with E-state index in [4.69, 9.17) is 4.74 Å². The Hall–Kier alpha value is -1.20. The number of carbonyl (C=O) groups is 2. The van der Waals surface area contributed by atoms with Crippen molar-refractivity contribution in [2.24, 2.45) is 17.3 Å². The van der Waals surface area contributed by atoms with Crippen molar-refractivity contribution in [2.75, 3.05) is 6.61 Å². The molecule has 1 heterocycles. The summed E-state index contributed by atoms with van der Waals surface area (Å²) in [5, 5.41) is 10.7. The number of aryl methyl sites for hydroxylation is 1. The first kappa shape index (κ1) is 15.3. The number of rotatable bonds is 4. The van der Waals surface area contributed by atoms with Crippen molar-refractivity contribution in [1.29, 1.82) is 0 Å². The van der Waals surface area contributed by atoms with E-state index < -0.39 is 11.0 Å². The van der Waals surface area contributed by atoms with Crippen LogP contribution in [0.2, 0.25) is 0 Å². The Morgan fingerprint density at radius 2 is 1.96 bits per heavy atom. The Morgan fingerprint density at radius 1 is 1.26 bits per heavy atom. The molecule has 4 nitrogen and oxygen atoms in total. The molecule has 4 aliphatic carbocycles. The maximum absolute atomic E-state index is 12.7. The van der Waals surface area contributed by atoms with E-state index in [9.17, 15) is 14.7 Å². The molecular weight excluding hydrogens is 312 g/mol. The molecule has 0 amide bonds. The third-order valence-electron chi connectivity index (χ3n) is 5.81. The third kappa shape index (κ3) is 2.64. The molecule has 124 valence electrons. The van der Waals surface area contributed by atoms with Gasteiger partial charge in [0.1, 0.15) is 0 Å². The molecule has 4 atom stereocenters. The Kier molecular flexibility index (Phi) is 3.43. The molecule has 0 saturated heterocycles. The molecule has 0 aliphatic heterocycles. The molecule has 23 heavy (non-hydrogen) atoms. The van der Waals surface area contributed by atoms with Gasteiger partial charge in [-0.2, -0.15) is 0 Å². The van der Waals surface area contributed by atoms with Gasteiger partial charge in [0.15, 0.2) is 6.61 Å². The summed E-state index contributed by atoms with van der Waals surface area (Å²) in [6, 6.07) is 3.68. The third-order valence-corrected chi connectivity index (χ3v) is 6.85. The first-order chi connectivity index (χ1) is 10.9. The van der Waals surface area contributed by atoms with E-state index in [0.717, 1.165) is 37.0 Å². The minimum absolute atomic E-state index is 0.139. The average molecular weight is 334 g/mol. The van der Waals surface area contributed by atoms with Crippen LogP contribution >= 0.6 is 11.3 Å². The van der Waals surface area contributed by atoms with Crippen LogP contribution in [-0.2, 0) is 9.53 Å². The van der Waals surface area contributed by atoms with Gasteiger partial charge in [-0.05, 0) is 69.4 Å². The van der Waals surface area contributed by atoms with Crippen molar-refractivity contribution in [3.05, 3.63) is 21.9 Å². The predicted molar refractivity (Wildman–Crippen MR) is 86.4 cm³/mol. The largest absolute Gasteiger partial charge is 0.457 e. The number of Topliss-reactive ketones (excluding diaryl/α,β-unsaturated/α-hetero) is 1. The number of hydrogen-bond acceptors (Lipinski definition) is 5. The fraction of sp³-hybridized carbons (Fsp3) is 0.667. The Labute approximate surface area is 139 Å². The molecule has 1 aromatic heterocycles. The molecule has 4 saturated carbocycles. The van der Waals surface area contributed by atoms with E-state index in [-0.39, 0.29) is 18.4 Å². The molecule has 0 radical (unpaired) electrons. The van der Waals surface area contributed by atoms with E-state index in [1.807, 2.05) is 13.0 Å². The highest BCUT2D eigenvalue weighted by atomic mass is 32.1. The molecule has 0 aromatic carbocycles. The second-order valence-electron chi connectivity index (χ2n) is 7.88. The minimum atomic E-state index is -0.683. The van der Waals surface area contributed by atoms with Gasteiger partial charge in [-0.25, -0.2) is 0 Å². The van der Waals surface area contributed by atoms with Crippen molar-refractivity contribution in [3.63, 3.8) is 0 Å². The van der Waals surface area contributed by atoms with Crippen molar-refractivity contribution in [2.45, 2.75) is 51.0 Å². The Bertz CT molecular complexity index is 648. The smallest absolute Gasteiger partial charge is 0.312 e. The van der Waals surface area contributed by atoms with Crippen LogP contribution in [0.25, 0.3) is 0 Å². The van der Waals surface area contributed by atoms with E-state index in [1.165, 1.54) is 11.3 Å². The van der Waals surface area contributed by atoms with Crippen molar-refractivity contribution in [1.82, 2.24) is 0 Å². The maximum atomic E-state index is 12.7. The van der Waals surface area contributed by atoms with Crippen LogP contribution in [0.15, 0.2) is 12.1 Å². The molecule has 5 heteroatoms. The van der Waals surface area contributed by atoms with Gasteiger partial charge in [-0.1, -0.05) is 0 Å². The Balaban J connectivity index is 1.44. The second kappa shape index (κ2) is 5.15. The zero-order valence-corrected chi connectivity index (χ0v) is 14.2. The molecule has 1 N–H and O–H groups in total. The molecule has 1 aromatic rings. The molecule has 4 fully saturated rings. The second-order valence-corrected chi connectivity index (χ2v) is 9.16. The molecule has 0 spiro atoms. The highest BCUT2D eigenvalue weighted by molar-refractivity contribution is 7.14. The fourth-order valence-corrected chi connectivity index (χ4v) is 6.18. The number of ether oxygens (including phenoxy) is 1. The molecule has 4 aliphatic rings. The van der Waals surface area contributed by atoms with Crippen molar-refractivity contribution in [3.8, 4) is 0 Å². The van der Waals surface area contributed by atoms with Crippen LogP contribution in [0, 0.1) is 24.2 Å². The number of esters is 1. The van der Waals surface area contributed by atoms with Gasteiger partial charge in [-0.15, -0.1) is 11.3 Å². The average Bonchev–Trinajstić information content (AvgIpc) is 2.88. The summed E-state index contributed by atoms with van der Waals surface area (Å²) in [6.45, 7) is 1.76. The van der Waals surface area contributed by atoms with Gasteiger partial charge < -0.3 is 9.84 Å². The summed E-state index contributed by atoms with van der Waals surface area (Å²) < 4.78 is 5.40. The van der Waals surface area contributed by atoms with Crippen molar-refractivity contribution >= 4 is 23.1 Å². The van der Waals surface area contributed by atoms with Crippen molar-refractivity contribution < 1.29 is 19.4 Å². The number of thiophene rings is 1. The normalized spacial score (nSPS) is 37.8. The highest BCUT2D eigenvalue weighted by Gasteiger charge is 2.60. The molecule has 2 unspecified atom stereocenters. The van der Waals surface area contributed by atoms with Gasteiger partial charge in [0.2, 0.25) is 5.78 Å². The number of aliphatic hydroxyl groups is 1. The number of ketones is 1. The fourth-order valence-electron chi connectivity index (χ4n) is 5.39. The van der Waals surface area contributed by atoms with Crippen LogP contribution in [-0.4, -0.2) is 29.1 Å². The zero-order chi connectivity index (χ0) is 16.2. The summed E-state index contributed by atoms with van der Waals surface area (Å²) in [7, 11) is 0. The zero-order valence-electron chi connectivity index (χ0n) is 13.3. The quantitative estimate of drug-likeness (QED) is 0.679. The summed E-state index contributed by atoms with van der Waals surface area (Å²) in [6.07, 6.45) is 4.93. The lowest BCUT2D eigenvalue weighted by molar-refractivity contribution is -0.195. The standard InChI is InChI=1S/C18H22O4S/c1-11-2-3-15(23-11)14(19)9-22-16(20)17-5-12-4-13(6-17)8-18(21,7-12)10-17/h2-3,12-13,21H,4-10H2,1H3/t12-,13+,17?,18?. The summed E-state index contributed by atoms with van der Waals surface area (Å²) >= 11 is 1.43. The van der Waals surface area contributed by atoms with Crippen LogP contribution in [0.1, 0.15) is 53.1 Å². The first-order valence-corrected chi connectivity index (χ1v) is 9.18. The van der Waals surface area contributed by atoms with Crippen LogP contribution in [0.5, 0.6) is 0 Å². The monoisotopic (exact) mass is 334 g/mol. The van der Waals surface area contributed by atoms with Crippen LogP contribution < -0.4 is 0 Å². The van der Waals surface area contributed by atoms with Gasteiger partial charge in [0.25, 0.3) is 0 Å². The maximum Gasteiger partial charge on any atom is 0.312 e. The Morgan fingerprint density at radius 3 is 2.52 bits per heavy atom. The predicted octanol–water partition coefficient (Wildman–Crippen LogP) is 3.11. The summed E-state index contributed by atoms with van der Waals surface area (Å²) in [5.74, 6) is 0.459. The molecule has 5 rings (SSSR count). The lowest BCUT2D eigenvalue weighted by Gasteiger charge is -2.58. The van der Waals surface area contributed by atoms with E-state index in [1.54, 1.807) is 6.07 Å². The van der Waals surface area contributed by atoms with Crippen LogP contribution in [0.4, 0.5) is 0 Å². The van der Waals surface area contributed by atoms with Gasteiger partial charge in [-0.3, -0.25) is 9.59 Å². The summed E-state index contributed by atoms with van der Waals surface area (Å²) in [4.78, 5) is 26.5. The van der Waals surface area contributed by atoms with Gasteiger partial charge in [0.05, 0.1) is 15.9 Å². The molecular formula is C18H22O4S. The number of hydrogen-bond donors (Lipinski definition) is 1. The minimum Gasteiger partial charge on any atom is -0.457 e. The molecule has 4 bridgehead atoms. The van der Waals surface area contributed by atoms with Gasteiger partial charge in [0, 0.05) is 4.88 Å². The number of carbonyl (C=O) groups excluding carboxylic acids is 2. The van der Waals surface area contributed by atoms with Gasteiger partial charge >= 0.3 is 5.97 Å². The summed E-state index contributed by atoms with van der Waals surface area (Å²) in [5.41, 5.74) is -1.23. The lowest BCUT2D eigenvalue weighted by Crippen LogP contribution is -2.58. The highest BCUT2D eigenvalue weighted by Crippen LogP contribution is 2.61. The SMILES string of the molecule is Cc1ccc(C(=O)COC(=O)C23C[C@@H]4C[C@@H](CC(O)(C4)C2)C3)s1. The van der Waals surface area contributed by atoms with Crippen LogP contribution in [0.3, 0.4) is 0 Å². The topological polar surface area (TPSA) is 63.6 Å². The lowest BCUT2D eigenvalue weighted by atomic mass is 9.48. The van der Waals surface area contributed by atoms with E-state index >= 15 is 0 Å². The van der Waals surface area contributed by atoms with E-state index in [2.05, 4.69) is 0 Å².